The van der Waals surface area contributed by atoms with Crippen molar-refractivity contribution in [1.82, 2.24) is 0 Å². The number of phenolic OH excluding ortho intramolecular Hbond substituents is 8. The van der Waals surface area contributed by atoms with E-state index < -0.39 is 111 Å². The lowest BCUT2D eigenvalue weighted by molar-refractivity contribution is -0.0923. The van der Waals surface area contributed by atoms with E-state index in [1.54, 1.807) is 40.7 Å². The Morgan fingerprint density at radius 1 is 0.478 bits per heavy atom. The second kappa shape index (κ2) is 15.2. The first-order valence-corrected chi connectivity index (χ1v) is 21.9. The number of aryl methyl sites for hydroxylation is 2. The van der Waals surface area contributed by atoms with E-state index in [9.17, 15) is 45.6 Å². The summed E-state index contributed by atoms with van der Waals surface area (Å²) in [5.41, 5.74) is 2.76. The summed E-state index contributed by atoms with van der Waals surface area (Å²) < 4.78 is 19.5. The van der Waals surface area contributed by atoms with Crippen molar-refractivity contribution in [3.8, 4) is 79.4 Å². The molecule has 4 aliphatic heterocycles. The van der Waals surface area contributed by atoms with Gasteiger partial charge in [0.15, 0.2) is 34.5 Å². The number of esters is 3. The summed E-state index contributed by atoms with van der Waals surface area (Å²) in [5, 5.41) is 93.0. The topological polar surface area (TPSA) is 241 Å². The lowest BCUT2D eigenvalue weighted by Gasteiger charge is -2.42. The molecule has 0 radical (unpaired) electrons. The number of hydrogen-bond acceptors (Lipinski definition) is 14. The molecule has 4 unspecified atom stereocenters. The van der Waals surface area contributed by atoms with E-state index in [1.807, 2.05) is 13.0 Å². The van der Waals surface area contributed by atoms with Crippen LogP contribution >= 0.6 is 0 Å². The first-order valence-electron chi connectivity index (χ1n) is 21.9. The summed E-state index contributed by atoms with van der Waals surface area (Å²) in [6, 6.07) is 4.74. The van der Waals surface area contributed by atoms with Gasteiger partial charge in [0.25, 0.3) is 0 Å². The van der Waals surface area contributed by atoms with Crippen molar-refractivity contribution in [2.24, 2.45) is 5.92 Å². The first kappa shape index (κ1) is 44.6. The lowest BCUT2D eigenvalue weighted by atomic mass is 9.74. The van der Waals surface area contributed by atoms with Crippen LogP contribution in [0.4, 0.5) is 0 Å². The molecule has 14 nitrogen and oxygen atoms in total. The van der Waals surface area contributed by atoms with E-state index in [0.717, 1.165) is 5.56 Å². The van der Waals surface area contributed by atoms with Gasteiger partial charge in [-0.2, -0.15) is 0 Å². The highest BCUT2D eigenvalue weighted by Crippen LogP contribution is 2.60. The van der Waals surface area contributed by atoms with Crippen LogP contribution in [0.5, 0.6) is 46.0 Å². The molecular weight excluding hydrogens is 861 g/mol. The Hall–Kier alpha value is -7.61. The van der Waals surface area contributed by atoms with Crippen LogP contribution in [0.1, 0.15) is 119 Å². The minimum Gasteiger partial charge on any atom is -0.507 e. The minimum absolute atomic E-state index is 0.0107. The molecule has 0 saturated carbocycles. The fourth-order valence-corrected chi connectivity index (χ4v) is 10.9. The van der Waals surface area contributed by atoms with Gasteiger partial charge in [0.2, 0.25) is 5.75 Å². The highest BCUT2D eigenvalue weighted by molar-refractivity contribution is 6.15. The average molecular weight is 911 g/mol. The molecule has 67 heavy (non-hydrogen) atoms. The number of carbonyl (C=O) groups excluding carboxylic acids is 3. The van der Waals surface area contributed by atoms with Crippen LogP contribution in [0.3, 0.4) is 0 Å². The fourth-order valence-electron chi connectivity index (χ4n) is 10.9. The molecule has 5 aromatic rings. The van der Waals surface area contributed by atoms with Crippen molar-refractivity contribution in [2.45, 2.75) is 98.9 Å². The number of phenols is 8. The molecule has 8 N–H and O–H groups in total. The number of aromatic hydroxyl groups is 8. The van der Waals surface area contributed by atoms with E-state index in [1.165, 1.54) is 19.9 Å². The molecule has 10 rings (SSSR count). The van der Waals surface area contributed by atoms with E-state index >= 15 is 9.59 Å². The summed E-state index contributed by atoms with van der Waals surface area (Å²) in [5.74, 6) is -11.5. The standard InChI is InChI=1S/C53H50O14/c1-17-11-12-32-29(15-20(4)28-16-31(54)42(55)24(8)34(28)37-27(17)13-19(3)22(6)43(37)56)50-49-26(10)36-41(53(64)66-49)39(47(60)48(61)45(36)58)38-40(52(63)67-50)35(25(9)44(57)46(38)59)33-23(7)21(5)18(2)14-30(33)51(62)65-32/h13-14,16,26,29,32,49-50,54-61H,1,4,11-12,15H2,2-3,5-10H3/t26-,29?,32?,49?,50?/m0/s1. The van der Waals surface area contributed by atoms with Gasteiger partial charge in [0.1, 0.15) is 24.1 Å². The Morgan fingerprint density at radius 3 is 1.72 bits per heavy atom. The normalized spacial score (nSPS) is 20.9. The summed E-state index contributed by atoms with van der Waals surface area (Å²) in [7, 11) is 0. The predicted octanol–water partition coefficient (Wildman–Crippen LogP) is 9.74. The van der Waals surface area contributed by atoms with Crippen LogP contribution in [0.15, 0.2) is 31.4 Å². The van der Waals surface area contributed by atoms with Gasteiger partial charge in [-0.15, -0.1) is 0 Å². The van der Waals surface area contributed by atoms with Crippen molar-refractivity contribution < 1.29 is 69.4 Å². The first-order chi connectivity index (χ1) is 31.5. The molecule has 14 heteroatoms. The number of hydrogen-bond donors (Lipinski definition) is 8. The van der Waals surface area contributed by atoms with Crippen LogP contribution in [-0.2, 0) is 14.2 Å². The summed E-state index contributed by atoms with van der Waals surface area (Å²) in [6.45, 7) is 22.3. The second-order valence-corrected chi connectivity index (χ2v) is 18.5. The monoisotopic (exact) mass is 910 g/mol. The van der Waals surface area contributed by atoms with Crippen molar-refractivity contribution in [3.05, 3.63) is 104 Å². The molecule has 0 amide bonds. The molecular formula is C53H50O14. The number of carbonyl (C=O) groups is 3. The smallest absolute Gasteiger partial charge is 0.339 e. The largest absolute Gasteiger partial charge is 0.507 e. The molecule has 4 heterocycles. The zero-order valence-corrected chi connectivity index (χ0v) is 38.2. The van der Waals surface area contributed by atoms with Gasteiger partial charge in [-0.05, 0) is 130 Å². The van der Waals surface area contributed by atoms with Gasteiger partial charge in [0, 0.05) is 61.9 Å². The van der Waals surface area contributed by atoms with Crippen LogP contribution < -0.4 is 0 Å². The van der Waals surface area contributed by atoms with Gasteiger partial charge in [-0.1, -0.05) is 26.1 Å². The van der Waals surface area contributed by atoms with Crippen LogP contribution in [0.25, 0.3) is 44.5 Å². The summed E-state index contributed by atoms with van der Waals surface area (Å²) >= 11 is 0. The van der Waals surface area contributed by atoms with E-state index in [2.05, 4.69) is 13.2 Å². The van der Waals surface area contributed by atoms with E-state index in [0.29, 0.717) is 44.5 Å². The summed E-state index contributed by atoms with van der Waals surface area (Å²) in [6.07, 6.45) is -4.52. The number of ether oxygens (including phenoxy) is 3. The highest BCUT2D eigenvalue weighted by Gasteiger charge is 2.52. The van der Waals surface area contributed by atoms with Crippen LogP contribution in [0.2, 0.25) is 0 Å². The fraction of sp³-hybridized carbons (Fsp3) is 0.302. The zero-order valence-electron chi connectivity index (χ0n) is 38.2. The van der Waals surface area contributed by atoms with Crippen LogP contribution in [0, 0.1) is 54.4 Å². The maximum atomic E-state index is 15.6. The Bertz CT molecular complexity index is 3170. The molecule has 0 spiro atoms. The molecule has 6 bridgehead atoms. The van der Waals surface area contributed by atoms with Crippen molar-refractivity contribution in [3.63, 3.8) is 0 Å². The number of fused-ring (bicyclic) bond motifs is 7. The molecule has 0 aromatic heterocycles. The van der Waals surface area contributed by atoms with Gasteiger partial charge >= 0.3 is 17.9 Å². The SMILES string of the molecule is C=C1CC2C(CCC(=C)c3cc(C)c(C)c(O)c3-c3c1cc(O)c(O)c3C)OC(=O)c1cc(C)c(C)c(C)c1-c1c(C)c(O)c(O)c3c1C(=O)OC2C1OC(=O)c2c-3c(O)c(O)c(O)c2[C@@H]1C. The Morgan fingerprint density at radius 2 is 1.03 bits per heavy atom. The molecule has 0 saturated heterocycles. The van der Waals surface area contributed by atoms with Crippen LogP contribution in [-0.4, -0.2) is 77.1 Å². The van der Waals surface area contributed by atoms with Crippen molar-refractivity contribution in [1.29, 1.82) is 0 Å². The van der Waals surface area contributed by atoms with Crippen molar-refractivity contribution >= 4 is 29.1 Å². The lowest BCUT2D eigenvalue weighted by Crippen LogP contribution is -2.50. The second-order valence-electron chi connectivity index (χ2n) is 18.5. The third-order valence-electron chi connectivity index (χ3n) is 14.9. The Kier molecular flexibility index (Phi) is 10.1. The highest BCUT2D eigenvalue weighted by atomic mass is 16.6. The van der Waals surface area contributed by atoms with Gasteiger partial charge in [0.05, 0.1) is 16.7 Å². The number of rotatable bonds is 0. The third-order valence-corrected chi connectivity index (χ3v) is 14.9. The molecule has 5 aromatic carbocycles. The minimum atomic E-state index is -1.61. The Labute approximate surface area is 385 Å². The molecule has 0 fully saturated rings. The predicted molar refractivity (Wildman–Crippen MR) is 247 cm³/mol. The number of allylic oxidation sites excluding steroid dienone is 2. The van der Waals surface area contributed by atoms with Crippen molar-refractivity contribution in [2.75, 3.05) is 0 Å². The molecule has 5 aliphatic rings. The van der Waals surface area contributed by atoms with E-state index in [-0.39, 0.29) is 69.5 Å². The third kappa shape index (κ3) is 6.18. The summed E-state index contributed by atoms with van der Waals surface area (Å²) in [4.78, 5) is 45.6. The number of benzene rings is 5. The quantitative estimate of drug-likeness (QED) is 0.0410. The Balaban J connectivity index is 1.44. The van der Waals surface area contributed by atoms with E-state index in [4.69, 9.17) is 14.2 Å². The molecule has 346 valence electrons. The molecule has 1 aliphatic carbocycles. The van der Waals surface area contributed by atoms with Gasteiger partial charge < -0.3 is 55.1 Å². The van der Waals surface area contributed by atoms with Gasteiger partial charge in [-0.3, -0.25) is 0 Å². The maximum absolute atomic E-state index is 15.6. The zero-order chi connectivity index (χ0) is 48.7. The van der Waals surface area contributed by atoms with Gasteiger partial charge in [-0.25, -0.2) is 14.4 Å². The molecule has 5 atom stereocenters. The average Bonchev–Trinajstić information content (AvgIpc) is 3.30. The maximum Gasteiger partial charge on any atom is 0.339 e.